The molecule has 1 aliphatic rings. The highest BCUT2D eigenvalue weighted by Gasteiger charge is 2.24. The maximum atomic E-state index is 9.52. The van der Waals surface area contributed by atoms with E-state index in [1.54, 1.807) is 0 Å². The lowest BCUT2D eigenvalue weighted by atomic mass is 9.92. The third-order valence-electron chi connectivity index (χ3n) is 2.64. The number of rotatable bonds is 1. The summed E-state index contributed by atoms with van der Waals surface area (Å²) in [5.74, 6) is 1.81. The van der Waals surface area contributed by atoms with Gasteiger partial charge in [0.2, 0.25) is 0 Å². The third kappa shape index (κ3) is 2.59. The molecule has 1 aliphatic carbocycles. The number of oxazole rings is 1. The van der Waals surface area contributed by atoms with Gasteiger partial charge in [-0.15, -0.1) is 0 Å². The van der Waals surface area contributed by atoms with Crippen molar-refractivity contribution in [1.82, 2.24) is 4.98 Å². The Hall–Kier alpha value is -0.830. The lowest BCUT2D eigenvalue weighted by Gasteiger charge is -2.14. The quantitative estimate of drug-likeness (QED) is 0.770. The van der Waals surface area contributed by atoms with Crippen molar-refractivity contribution in [2.45, 2.75) is 52.6 Å². The zero-order valence-electron chi connectivity index (χ0n) is 9.71. The van der Waals surface area contributed by atoms with Crippen LogP contribution in [0.3, 0.4) is 0 Å². The standard InChI is InChI=1S/C12H19NO2/c1-12(2,3)7-11-13-9-6-8(14)4-5-10(9)15-11/h8,14H,4-7H2,1-3H3. The molecule has 0 aromatic carbocycles. The van der Waals surface area contributed by atoms with Gasteiger partial charge in [0, 0.05) is 19.3 Å². The number of nitrogens with zero attached hydrogens (tertiary/aromatic N) is 1. The molecule has 0 saturated carbocycles. The Kier molecular flexibility index (Phi) is 2.59. The molecule has 84 valence electrons. The van der Waals surface area contributed by atoms with Crippen LogP contribution in [0.5, 0.6) is 0 Å². The van der Waals surface area contributed by atoms with Gasteiger partial charge in [0.05, 0.1) is 11.8 Å². The molecule has 0 spiro atoms. The summed E-state index contributed by atoms with van der Waals surface area (Å²) in [6.07, 6.45) is 2.91. The van der Waals surface area contributed by atoms with E-state index in [-0.39, 0.29) is 11.5 Å². The summed E-state index contributed by atoms with van der Waals surface area (Å²) in [5, 5.41) is 9.52. The zero-order valence-corrected chi connectivity index (χ0v) is 9.71. The molecule has 0 fully saturated rings. The van der Waals surface area contributed by atoms with Crippen LogP contribution in [-0.4, -0.2) is 16.2 Å². The number of fused-ring (bicyclic) bond motifs is 1. The Bertz CT molecular complexity index is 349. The number of aliphatic hydroxyl groups is 1. The SMILES string of the molecule is CC(C)(C)Cc1nc2c(o1)CCC(O)C2. The second kappa shape index (κ2) is 3.63. The summed E-state index contributed by atoms with van der Waals surface area (Å²) in [7, 11) is 0. The summed E-state index contributed by atoms with van der Waals surface area (Å²) in [6.45, 7) is 6.51. The van der Waals surface area contributed by atoms with E-state index in [0.29, 0.717) is 6.42 Å². The lowest BCUT2D eigenvalue weighted by Crippen LogP contribution is -2.17. The highest BCUT2D eigenvalue weighted by Crippen LogP contribution is 2.26. The number of hydrogen-bond donors (Lipinski definition) is 1. The average molecular weight is 209 g/mol. The van der Waals surface area contributed by atoms with E-state index < -0.39 is 0 Å². The van der Waals surface area contributed by atoms with E-state index in [1.165, 1.54) is 0 Å². The molecule has 0 saturated heterocycles. The largest absolute Gasteiger partial charge is 0.445 e. The Labute approximate surface area is 90.5 Å². The van der Waals surface area contributed by atoms with Gasteiger partial charge < -0.3 is 9.52 Å². The van der Waals surface area contributed by atoms with Crippen molar-refractivity contribution in [2.24, 2.45) is 5.41 Å². The first kappa shape index (κ1) is 10.7. The summed E-state index contributed by atoms with van der Waals surface area (Å²) < 4.78 is 5.71. The predicted molar refractivity (Wildman–Crippen MR) is 57.7 cm³/mol. The van der Waals surface area contributed by atoms with Crippen LogP contribution in [-0.2, 0) is 19.3 Å². The molecule has 2 rings (SSSR count). The maximum absolute atomic E-state index is 9.52. The molecule has 1 aromatic heterocycles. The highest BCUT2D eigenvalue weighted by atomic mass is 16.4. The summed E-state index contributed by atoms with van der Waals surface area (Å²) >= 11 is 0. The second-order valence-electron chi connectivity index (χ2n) is 5.61. The minimum atomic E-state index is -0.231. The van der Waals surface area contributed by atoms with Gasteiger partial charge in [-0.3, -0.25) is 0 Å². The van der Waals surface area contributed by atoms with Crippen LogP contribution in [0.4, 0.5) is 0 Å². The van der Waals surface area contributed by atoms with Crippen molar-refractivity contribution < 1.29 is 9.52 Å². The van der Waals surface area contributed by atoms with Gasteiger partial charge in [-0.1, -0.05) is 20.8 Å². The molecule has 3 nitrogen and oxygen atoms in total. The van der Waals surface area contributed by atoms with Crippen LogP contribution in [0, 0.1) is 5.41 Å². The first-order chi connectivity index (χ1) is 6.94. The fourth-order valence-electron chi connectivity index (χ4n) is 1.94. The highest BCUT2D eigenvalue weighted by molar-refractivity contribution is 5.15. The van der Waals surface area contributed by atoms with E-state index in [1.807, 2.05) is 0 Å². The van der Waals surface area contributed by atoms with Crippen LogP contribution in [0.1, 0.15) is 44.5 Å². The van der Waals surface area contributed by atoms with Crippen LogP contribution < -0.4 is 0 Å². The monoisotopic (exact) mass is 209 g/mol. The van der Waals surface area contributed by atoms with Gasteiger partial charge in [-0.25, -0.2) is 4.98 Å². The van der Waals surface area contributed by atoms with Gasteiger partial charge in [-0.05, 0) is 11.8 Å². The van der Waals surface area contributed by atoms with E-state index in [2.05, 4.69) is 25.8 Å². The first-order valence-electron chi connectivity index (χ1n) is 5.59. The van der Waals surface area contributed by atoms with Crippen molar-refractivity contribution in [1.29, 1.82) is 0 Å². The van der Waals surface area contributed by atoms with E-state index in [9.17, 15) is 5.11 Å². The Morgan fingerprint density at radius 3 is 2.87 bits per heavy atom. The second-order valence-corrected chi connectivity index (χ2v) is 5.61. The van der Waals surface area contributed by atoms with E-state index in [4.69, 9.17) is 4.42 Å². The van der Waals surface area contributed by atoms with Gasteiger partial charge in [0.25, 0.3) is 0 Å². The number of aryl methyl sites for hydroxylation is 1. The number of aliphatic hydroxyl groups excluding tert-OH is 1. The smallest absolute Gasteiger partial charge is 0.195 e. The van der Waals surface area contributed by atoms with Gasteiger partial charge in [0.1, 0.15) is 5.76 Å². The molecule has 1 atom stereocenters. The molecular weight excluding hydrogens is 190 g/mol. The minimum Gasteiger partial charge on any atom is -0.445 e. The van der Waals surface area contributed by atoms with Crippen LogP contribution in [0.15, 0.2) is 4.42 Å². The molecule has 0 bridgehead atoms. The van der Waals surface area contributed by atoms with E-state index in [0.717, 1.165) is 36.6 Å². The van der Waals surface area contributed by atoms with E-state index >= 15 is 0 Å². The van der Waals surface area contributed by atoms with Crippen molar-refractivity contribution >= 4 is 0 Å². The van der Waals surface area contributed by atoms with Gasteiger partial charge in [0.15, 0.2) is 5.89 Å². The molecule has 0 aliphatic heterocycles. The molecule has 3 heteroatoms. The summed E-state index contributed by atoms with van der Waals surface area (Å²) in [4.78, 5) is 4.46. The van der Waals surface area contributed by atoms with Gasteiger partial charge >= 0.3 is 0 Å². The maximum Gasteiger partial charge on any atom is 0.195 e. The average Bonchev–Trinajstić information content (AvgIpc) is 2.42. The third-order valence-corrected chi connectivity index (χ3v) is 2.64. The van der Waals surface area contributed by atoms with Crippen LogP contribution in [0.25, 0.3) is 0 Å². The molecule has 1 N–H and O–H groups in total. The minimum absolute atomic E-state index is 0.200. The lowest BCUT2D eigenvalue weighted by molar-refractivity contribution is 0.153. The van der Waals surface area contributed by atoms with Crippen LogP contribution in [0.2, 0.25) is 0 Å². The van der Waals surface area contributed by atoms with Crippen LogP contribution >= 0.6 is 0 Å². The molecule has 1 unspecified atom stereocenters. The Morgan fingerprint density at radius 2 is 2.20 bits per heavy atom. The van der Waals surface area contributed by atoms with Crippen molar-refractivity contribution in [3.63, 3.8) is 0 Å². The molecule has 1 heterocycles. The zero-order chi connectivity index (χ0) is 11.1. The van der Waals surface area contributed by atoms with Crippen molar-refractivity contribution in [3.8, 4) is 0 Å². The predicted octanol–water partition coefficient (Wildman–Crippen LogP) is 2.11. The number of hydrogen-bond acceptors (Lipinski definition) is 3. The van der Waals surface area contributed by atoms with Crippen molar-refractivity contribution in [2.75, 3.05) is 0 Å². The fraction of sp³-hybridized carbons (Fsp3) is 0.750. The Morgan fingerprint density at radius 1 is 1.47 bits per heavy atom. The first-order valence-corrected chi connectivity index (χ1v) is 5.59. The Balaban J connectivity index is 2.16. The molecule has 0 amide bonds. The molecular formula is C12H19NO2. The summed E-state index contributed by atoms with van der Waals surface area (Å²) in [6, 6.07) is 0. The normalized spacial score (nSPS) is 21.5. The van der Waals surface area contributed by atoms with Gasteiger partial charge in [-0.2, -0.15) is 0 Å². The number of aromatic nitrogens is 1. The topological polar surface area (TPSA) is 46.3 Å². The van der Waals surface area contributed by atoms with Crippen molar-refractivity contribution in [3.05, 3.63) is 17.3 Å². The molecule has 15 heavy (non-hydrogen) atoms. The summed E-state index contributed by atoms with van der Waals surface area (Å²) in [5.41, 5.74) is 1.17. The molecule has 1 aromatic rings. The molecule has 0 radical (unpaired) electrons. The fourth-order valence-corrected chi connectivity index (χ4v) is 1.94.